The van der Waals surface area contributed by atoms with E-state index < -0.39 is 0 Å². The quantitative estimate of drug-likeness (QED) is 0.907. The van der Waals surface area contributed by atoms with Crippen LogP contribution >= 0.6 is 11.6 Å². The van der Waals surface area contributed by atoms with E-state index in [0.717, 1.165) is 49.7 Å². The van der Waals surface area contributed by atoms with Crippen LogP contribution in [0.25, 0.3) is 0 Å². The molecule has 1 aliphatic rings. The third-order valence-electron chi connectivity index (χ3n) is 5.19. The summed E-state index contributed by atoms with van der Waals surface area (Å²) in [4.78, 5) is 2.60. The van der Waals surface area contributed by atoms with Gasteiger partial charge in [-0.1, -0.05) is 32.4 Å². The number of aromatic nitrogens is 2. The second kappa shape index (κ2) is 6.67. The van der Waals surface area contributed by atoms with E-state index >= 15 is 0 Å². The number of nitrogens with zero attached hydrogens (tertiary/aromatic N) is 3. The maximum absolute atomic E-state index is 6.42. The van der Waals surface area contributed by atoms with Gasteiger partial charge in [-0.25, -0.2) is 0 Å². The smallest absolute Gasteiger partial charge is 0.131 e. The molecule has 1 atom stereocenters. The molecule has 0 aromatic carbocycles. The highest BCUT2D eigenvalue weighted by Gasteiger charge is 2.36. The summed E-state index contributed by atoms with van der Waals surface area (Å²) in [6, 6.07) is 0.576. The fraction of sp³-hybridized carbons (Fsp3) is 0.812. The van der Waals surface area contributed by atoms with Crippen molar-refractivity contribution >= 4 is 11.6 Å². The minimum absolute atomic E-state index is 0.244. The molecule has 120 valence electrons. The van der Waals surface area contributed by atoms with Crippen LogP contribution < -0.4 is 5.32 Å². The molecule has 1 aliphatic heterocycles. The van der Waals surface area contributed by atoms with Gasteiger partial charge in [0.2, 0.25) is 0 Å². The van der Waals surface area contributed by atoms with Crippen molar-refractivity contribution in [1.82, 2.24) is 20.0 Å². The molecule has 0 saturated carbocycles. The third kappa shape index (κ3) is 3.27. The van der Waals surface area contributed by atoms with Crippen molar-refractivity contribution in [3.8, 4) is 0 Å². The lowest BCUT2D eigenvalue weighted by molar-refractivity contribution is 0.0642. The summed E-state index contributed by atoms with van der Waals surface area (Å²) in [6.07, 6.45) is 3.49. The highest BCUT2D eigenvalue weighted by atomic mass is 35.5. The van der Waals surface area contributed by atoms with E-state index in [9.17, 15) is 0 Å². The molecule has 2 heterocycles. The monoisotopic (exact) mass is 312 g/mol. The van der Waals surface area contributed by atoms with Crippen molar-refractivity contribution in [3.05, 3.63) is 16.4 Å². The molecule has 0 bridgehead atoms. The zero-order valence-corrected chi connectivity index (χ0v) is 14.8. The van der Waals surface area contributed by atoms with Crippen LogP contribution in [0, 0.1) is 6.92 Å². The molecule has 1 saturated heterocycles. The SMILES string of the molecule is CCC1CNC(CC)(CC)CN1Cc1c(C)nn(C)c1Cl. The molecule has 0 amide bonds. The Morgan fingerprint density at radius 1 is 1.33 bits per heavy atom. The first kappa shape index (κ1) is 16.8. The van der Waals surface area contributed by atoms with Crippen LogP contribution in [0.2, 0.25) is 5.15 Å². The van der Waals surface area contributed by atoms with Crippen molar-refractivity contribution < 1.29 is 0 Å². The molecule has 0 spiro atoms. The number of aryl methyl sites for hydroxylation is 2. The topological polar surface area (TPSA) is 33.1 Å². The molecule has 4 nitrogen and oxygen atoms in total. The summed E-state index contributed by atoms with van der Waals surface area (Å²) in [5.41, 5.74) is 2.48. The second-order valence-corrected chi connectivity index (χ2v) is 6.67. The predicted molar refractivity (Wildman–Crippen MR) is 88.8 cm³/mol. The van der Waals surface area contributed by atoms with Crippen molar-refractivity contribution in [3.63, 3.8) is 0 Å². The van der Waals surface area contributed by atoms with Crippen molar-refractivity contribution in [2.75, 3.05) is 13.1 Å². The molecular formula is C16H29ClN4. The number of halogens is 1. The van der Waals surface area contributed by atoms with Crippen LogP contribution in [0.5, 0.6) is 0 Å². The molecular weight excluding hydrogens is 284 g/mol. The Hall–Kier alpha value is -0.580. The van der Waals surface area contributed by atoms with Gasteiger partial charge in [-0.2, -0.15) is 5.10 Å². The lowest BCUT2D eigenvalue weighted by atomic mass is 9.88. The van der Waals surface area contributed by atoms with Crippen molar-refractivity contribution in [1.29, 1.82) is 0 Å². The fourth-order valence-electron chi connectivity index (χ4n) is 3.40. The van der Waals surface area contributed by atoms with Crippen LogP contribution in [0.1, 0.15) is 51.3 Å². The highest BCUT2D eigenvalue weighted by Crippen LogP contribution is 2.28. The van der Waals surface area contributed by atoms with Gasteiger partial charge in [0.15, 0.2) is 0 Å². The Kier molecular flexibility index (Phi) is 5.33. The molecule has 0 radical (unpaired) electrons. The molecule has 1 N–H and O–H groups in total. The van der Waals surface area contributed by atoms with E-state index in [2.05, 4.69) is 43.0 Å². The molecule has 1 aromatic rings. The average Bonchev–Trinajstić information content (AvgIpc) is 2.73. The summed E-state index contributed by atoms with van der Waals surface area (Å²) in [6.45, 7) is 11.9. The van der Waals surface area contributed by atoms with E-state index in [4.69, 9.17) is 11.6 Å². The van der Waals surface area contributed by atoms with Crippen LogP contribution in [0.15, 0.2) is 0 Å². The number of piperazine rings is 1. The first-order valence-corrected chi connectivity index (χ1v) is 8.51. The Bertz CT molecular complexity index is 479. The second-order valence-electron chi connectivity index (χ2n) is 6.31. The maximum atomic E-state index is 6.42. The van der Waals surface area contributed by atoms with Gasteiger partial charge >= 0.3 is 0 Å². The molecule has 21 heavy (non-hydrogen) atoms. The third-order valence-corrected chi connectivity index (χ3v) is 5.66. The van der Waals surface area contributed by atoms with E-state index in [1.54, 1.807) is 4.68 Å². The van der Waals surface area contributed by atoms with Gasteiger partial charge in [0, 0.05) is 43.8 Å². The minimum atomic E-state index is 0.244. The Morgan fingerprint density at radius 3 is 2.48 bits per heavy atom. The Balaban J connectivity index is 2.21. The Labute approximate surface area is 133 Å². The molecule has 5 heteroatoms. The molecule has 0 aliphatic carbocycles. The largest absolute Gasteiger partial charge is 0.308 e. The summed E-state index contributed by atoms with van der Waals surface area (Å²) in [5, 5.41) is 9.01. The average molecular weight is 313 g/mol. The normalized spacial score (nSPS) is 22.7. The number of hydrogen-bond acceptors (Lipinski definition) is 3. The lowest BCUT2D eigenvalue weighted by Gasteiger charge is -2.47. The molecule has 1 unspecified atom stereocenters. The lowest BCUT2D eigenvalue weighted by Crippen LogP contribution is -2.63. The standard InChI is InChI=1S/C16H29ClN4/c1-6-13-9-18-16(7-2,8-3)11-21(13)10-14-12(4)19-20(5)15(14)17/h13,18H,6-11H2,1-5H3. The highest BCUT2D eigenvalue weighted by molar-refractivity contribution is 6.30. The first-order chi connectivity index (χ1) is 9.96. The number of nitrogens with one attached hydrogen (secondary N) is 1. The molecule has 1 fully saturated rings. The number of rotatable bonds is 5. The molecule has 1 aromatic heterocycles. The van der Waals surface area contributed by atoms with Gasteiger partial charge < -0.3 is 5.32 Å². The minimum Gasteiger partial charge on any atom is -0.308 e. The van der Waals surface area contributed by atoms with Crippen LogP contribution in [0.4, 0.5) is 0 Å². The summed E-state index contributed by atoms with van der Waals surface area (Å²) < 4.78 is 1.78. The van der Waals surface area contributed by atoms with Crippen molar-refractivity contribution in [2.45, 2.75) is 65.1 Å². The van der Waals surface area contributed by atoms with Gasteiger partial charge in [-0.3, -0.25) is 9.58 Å². The van der Waals surface area contributed by atoms with E-state index in [1.807, 2.05) is 7.05 Å². The van der Waals surface area contributed by atoms with Gasteiger partial charge in [0.25, 0.3) is 0 Å². The van der Waals surface area contributed by atoms with Crippen molar-refractivity contribution in [2.24, 2.45) is 7.05 Å². The van der Waals surface area contributed by atoms with Gasteiger partial charge in [-0.15, -0.1) is 0 Å². The fourth-order valence-corrected chi connectivity index (χ4v) is 3.64. The zero-order chi connectivity index (χ0) is 15.6. The van der Waals surface area contributed by atoms with E-state index in [-0.39, 0.29) is 5.54 Å². The van der Waals surface area contributed by atoms with Crippen LogP contribution in [0.3, 0.4) is 0 Å². The first-order valence-electron chi connectivity index (χ1n) is 8.13. The van der Waals surface area contributed by atoms with Gasteiger partial charge in [0.1, 0.15) is 5.15 Å². The zero-order valence-electron chi connectivity index (χ0n) is 14.0. The van der Waals surface area contributed by atoms with Crippen LogP contribution in [-0.4, -0.2) is 39.4 Å². The summed E-state index contributed by atoms with van der Waals surface area (Å²) >= 11 is 6.42. The predicted octanol–water partition coefficient (Wildman–Crippen LogP) is 3.12. The molecule has 2 rings (SSSR count). The summed E-state index contributed by atoms with van der Waals surface area (Å²) in [7, 11) is 1.91. The van der Waals surface area contributed by atoms with E-state index in [1.165, 1.54) is 5.56 Å². The Morgan fingerprint density at radius 2 is 2.00 bits per heavy atom. The van der Waals surface area contributed by atoms with Crippen LogP contribution in [-0.2, 0) is 13.6 Å². The van der Waals surface area contributed by atoms with E-state index in [0.29, 0.717) is 6.04 Å². The number of hydrogen-bond donors (Lipinski definition) is 1. The van der Waals surface area contributed by atoms with Gasteiger partial charge in [0.05, 0.1) is 5.69 Å². The summed E-state index contributed by atoms with van der Waals surface area (Å²) in [5.74, 6) is 0. The van der Waals surface area contributed by atoms with Gasteiger partial charge in [-0.05, 0) is 26.2 Å². The maximum Gasteiger partial charge on any atom is 0.131 e.